The maximum atomic E-state index is 12.5. The van der Waals surface area contributed by atoms with Gasteiger partial charge < -0.3 is 10.1 Å². The monoisotopic (exact) mass is 362 g/mol. The van der Waals surface area contributed by atoms with Gasteiger partial charge in [-0.25, -0.2) is 13.2 Å². The molecule has 1 N–H and O–H groups in total. The van der Waals surface area contributed by atoms with Crippen molar-refractivity contribution in [1.82, 2.24) is 10.2 Å². The molecule has 2 rings (SSSR count). The number of imide groups is 1. The van der Waals surface area contributed by atoms with Crippen LogP contribution in [0.15, 0.2) is 24.3 Å². The van der Waals surface area contributed by atoms with Crippen molar-refractivity contribution in [2.75, 3.05) is 18.6 Å². The molecule has 0 bridgehead atoms. The first-order chi connectivity index (χ1) is 11.0. The summed E-state index contributed by atoms with van der Waals surface area (Å²) in [6, 6.07) is 4.57. The minimum Gasteiger partial charge on any atom is -0.435 e. The number of benzene rings is 1. The summed E-state index contributed by atoms with van der Waals surface area (Å²) in [6.07, 6.45) is 1.01. The van der Waals surface area contributed by atoms with E-state index < -0.39 is 33.9 Å². The van der Waals surface area contributed by atoms with Gasteiger partial charge in [0.05, 0.1) is 5.75 Å². The average molecular weight is 362 g/mol. The van der Waals surface area contributed by atoms with Crippen LogP contribution in [0.5, 0.6) is 5.75 Å². The molecule has 1 aromatic rings. The third-order valence-electron chi connectivity index (χ3n) is 3.62. The van der Waals surface area contributed by atoms with E-state index in [1.807, 2.05) is 0 Å². The van der Waals surface area contributed by atoms with Crippen molar-refractivity contribution in [3.05, 3.63) is 29.8 Å². The first kappa shape index (κ1) is 18.1. The number of alkyl halides is 2. The van der Waals surface area contributed by atoms with Crippen molar-refractivity contribution in [3.63, 3.8) is 0 Å². The van der Waals surface area contributed by atoms with Crippen LogP contribution in [-0.2, 0) is 20.2 Å². The minimum atomic E-state index is -3.34. The van der Waals surface area contributed by atoms with E-state index in [1.54, 1.807) is 0 Å². The molecular formula is C14H16F2N2O5S. The summed E-state index contributed by atoms with van der Waals surface area (Å²) >= 11 is 0. The molecule has 0 aliphatic carbocycles. The topological polar surface area (TPSA) is 92.8 Å². The molecule has 0 saturated carbocycles. The largest absolute Gasteiger partial charge is 0.435 e. The number of hydrogen-bond donors (Lipinski definition) is 1. The lowest BCUT2D eigenvalue weighted by Crippen LogP contribution is -2.41. The predicted octanol–water partition coefficient (Wildman–Crippen LogP) is 1.10. The number of halogens is 2. The van der Waals surface area contributed by atoms with E-state index in [4.69, 9.17) is 0 Å². The second kappa shape index (κ2) is 6.34. The first-order valence-electron chi connectivity index (χ1n) is 6.90. The Morgan fingerprint density at radius 3 is 2.33 bits per heavy atom. The third-order valence-corrected chi connectivity index (χ3v) is 4.54. The Morgan fingerprint density at radius 1 is 1.25 bits per heavy atom. The van der Waals surface area contributed by atoms with Crippen LogP contribution in [0, 0.1) is 0 Å². The lowest BCUT2D eigenvalue weighted by atomic mass is 9.92. The van der Waals surface area contributed by atoms with Gasteiger partial charge in [-0.3, -0.25) is 9.69 Å². The lowest BCUT2D eigenvalue weighted by Gasteiger charge is -2.22. The third kappa shape index (κ3) is 3.81. The van der Waals surface area contributed by atoms with Crippen molar-refractivity contribution >= 4 is 21.8 Å². The zero-order valence-electron chi connectivity index (χ0n) is 13.0. The molecule has 1 aromatic carbocycles. The Hall–Kier alpha value is -2.23. The van der Waals surface area contributed by atoms with Gasteiger partial charge in [-0.05, 0) is 24.6 Å². The summed E-state index contributed by atoms with van der Waals surface area (Å²) in [5.41, 5.74) is -1.04. The van der Waals surface area contributed by atoms with Crippen LogP contribution < -0.4 is 10.1 Å². The number of carbonyl (C=O) groups is 2. The average Bonchev–Trinajstić information content (AvgIpc) is 2.67. The lowest BCUT2D eigenvalue weighted by molar-refractivity contribution is -0.130. The molecule has 3 amide bonds. The molecular weight excluding hydrogens is 346 g/mol. The van der Waals surface area contributed by atoms with Crippen molar-refractivity contribution in [1.29, 1.82) is 0 Å². The number of urea groups is 1. The van der Waals surface area contributed by atoms with Gasteiger partial charge in [0.1, 0.15) is 21.1 Å². The fourth-order valence-electron chi connectivity index (χ4n) is 2.32. The second-order valence-electron chi connectivity index (χ2n) is 5.54. The van der Waals surface area contributed by atoms with Gasteiger partial charge in [0.15, 0.2) is 0 Å². The molecule has 1 aliphatic rings. The highest BCUT2D eigenvalue weighted by Crippen LogP contribution is 2.30. The summed E-state index contributed by atoms with van der Waals surface area (Å²) in [6.45, 7) is -1.77. The molecule has 0 aromatic heterocycles. The van der Waals surface area contributed by atoms with Gasteiger partial charge in [0.2, 0.25) is 0 Å². The Labute approximate surface area is 137 Å². The van der Waals surface area contributed by atoms with Crippen LogP contribution >= 0.6 is 0 Å². The van der Waals surface area contributed by atoms with Gasteiger partial charge in [-0.2, -0.15) is 8.78 Å². The molecule has 1 atom stereocenters. The van der Waals surface area contributed by atoms with E-state index in [0.29, 0.717) is 5.56 Å². The number of nitrogens with zero attached hydrogens (tertiary/aromatic N) is 1. The molecule has 1 saturated heterocycles. The van der Waals surface area contributed by atoms with E-state index in [9.17, 15) is 26.8 Å². The van der Waals surface area contributed by atoms with Gasteiger partial charge in [-0.1, -0.05) is 12.1 Å². The second-order valence-corrected chi connectivity index (χ2v) is 7.80. The normalized spacial score (nSPS) is 21.3. The highest BCUT2D eigenvalue weighted by molar-refractivity contribution is 7.90. The van der Waals surface area contributed by atoms with Crippen LogP contribution in [0.2, 0.25) is 0 Å². The Balaban J connectivity index is 2.20. The molecule has 7 nitrogen and oxygen atoms in total. The van der Waals surface area contributed by atoms with Crippen molar-refractivity contribution < 1.29 is 31.5 Å². The first-order valence-corrected chi connectivity index (χ1v) is 8.96. The highest BCUT2D eigenvalue weighted by Gasteiger charge is 2.48. The molecule has 10 heteroatoms. The highest BCUT2D eigenvalue weighted by atomic mass is 32.2. The van der Waals surface area contributed by atoms with Crippen molar-refractivity contribution in [2.45, 2.75) is 19.1 Å². The standard InChI is InChI=1S/C14H16F2N2O5S/c1-14(9-3-5-10(6-4-9)23-12(15)16)11(19)18(13(20)17-14)7-8-24(2,21)22/h3-6,12H,7-8H2,1-2H3,(H,17,20)/t14-/m1/s1. The molecule has 1 aliphatic heterocycles. The van der Waals surface area contributed by atoms with Crippen LogP contribution in [0.1, 0.15) is 12.5 Å². The fraction of sp³-hybridized carbons (Fsp3) is 0.429. The van der Waals surface area contributed by atoms with Crippen LogP contribution in [-0.4, -0.2) is 50.4 Å². The number of sulfone groups is 1. The van der Waals surface area contributed by atoms with Gasteiger partial charge in [0, 0.05) is 12.8 Å². The fourth-order valence-corrected chi connectivity index (χ4v) is 2.84. The van der Waals surface area contributed by atoms with E-state index in [2.05, 4.69) is 10.1 Å². The van der Waals surface area contributed by atoms with Crippen molar-refractivity contribution in [2.24, 2.45) is 0 Å². The number of carbonyl (C=O) groups excluding carboxylic acids is 2. The molecule has 1 fully saturated rings. The van der Waals surface area contributed by atoms with Crippen LogP contribution in [0.4, 0.5) is 13.6 Å². The number of hydrogen-bond acceptors (Lipinski definition) is 5. The maximum Gasteiger partial charge on any atom is 0.387 e. The summed E-state index contributed by atoms with van der Waals surface area (Å²) in [7, 11) is -3.34. The zero-order chi connectivity index (χ0) is 18.1. The zero-order valence-corrected chi connectivity index (χ0v) is 13.8. The molecule has 0 radical (unpaired) electrons. The summed E-state index contributed by atoms with van der Waals surface area (Å²) < 4.78 is 51.0. The smallest absolute Gasteiger partial charge is 0.387 e. The Kier molecular flexibility index (Phi) is 4.79. The molecule has 132 valence electrons. The SMILES string of the molecule is C[C@]1(c2ccc(OC(F)F)cc2)NC(=O)N(CCS(C)(=O)=O)C1=O. The maximum absolute atomic E-state index is 12.5. The molecule has 0 unspecified atom stereocenters. The van der Waals surface area contributed by atoms with Gasteiger partial charge in [-0.15, -0.1) is 0 Å². The quantitative estimate of drug-likeness (QED) is 0.765. The summed E-state index contributed by atoms with van der Waals surface area (Å²) in [5.74, 6) is -1.04. The van der Waals surface area contributed by atoms with Gasteiger partial charge in [0.25, 0.3) is 5.91 Å². The van der Waals surface area contributed by atoms with E-state index >= 15 is 0 Å². The minimum absolute atomic E-state index is 0.0805. The Bertz CT molecular complexity index is 751. The number of nitrogens with one attached hydrogen (secondary N) is 1. The van der Waals surface area contributed by atoms with Crippen molar-refractivity contribution in [3.8, 4) is 5.75 Å². The number of amides is 3. The molecule has 1 heterocycles. The van der Waals surface area contributed by atoms with E-state index in [-0.39, 0.29) is 18.0 Å². The van der Waals surface area contributed by atoms with E-state index in [0.717, 1.165) is 11.2 Å². The van der Waals surface area contributed by atoms with Gasteiger partial charge >= 0.3 is 12.6 Å². The number of ether oxygens (including phenoxy) is 1. The predicted molar refractivity (Wildman–Crippen MR) is 80.4 cm³/mol. The molecule has 24 heavy (non-hydrogen) atoms. The van der Waals surface area contributed by atoms with E-state index in [1.165, 1.54) is 31.2 Å². The molecule has 0 spiro atoms. The summed E-state index contributed by atoms with van der Waals surface area (Å²) in [4.78, 5) is 25.3. The summed E-state index contributed by atoms with van der Waals surface area (Å²) in [5, 5.41) is 2.50. The Morgan fingerprint density at radius 2 is 1.83 bits per heavy atom. The van der Waals surface area contributed by atoms with Crippen LogP contribution in [0.3, 0.4) is 0 Å². The number of rotatable bonds is 6. The van der Waals surface area contributed by atoms with Crippen LogP contribution in [0.25, 0.3) is 0 Å².